The summed E-state index contributed by atoms with van der Waals surface area (Å²) in [6, 6.07) is 20.7. The summed E-state index contributed by atoms with van der Waals surface area (Å²) in [5.74, 6) is 0.452. The average Bonchev–Trinajstić information content (AvgIpc) is 3.04. The number of rotatable bonds is 2. The molecule has 0 bridgehead atoms. The van der Waals surface area contributed by atoms with Gasteiger partial charge in [0.15, 0.2) is 0 Å². The molecular weight excluding hydrogens is 308 g/mol. The molecule has 25 heavy (non-hydrogen) atoms. The number of nitrogens with zero attached hydrogens (tertiary/aromatic N) is 2. The lowest BCUT2D eigenvalue weighted by atomic mass is 9.89. The van der Waals surface area contributed by atoms with E-state index < -0.39 is 0 Å². The van der Waals surface area contributed by atoms with E-state index in [4.69, 9.17) is 4.99 Å². The first-order valence-electron chi connectivity index (χ1n) is 8.73. The normalized spacial score (nSPS) is 18.6. The first kappa shape index (κ1) is 14.4. The summed E-state index contributed by atoms with van der Waals surface area (Å²) >= 11 is 0. The van der Waals surface area contributed by atoms with Crippen molar-refractivity contribution in [3.8, 4) is 0 Å². The third-order valence-electron chi connectivity index (χ3n) is 5.36. The van der Waals surface area contributed by atoms with Gasteiger partial charge in [0.2, 0.25) is 0 Å². The van der Waals surface area contributed by atoms with Gasteiger partial charge in [-0.1, -0.05) is 42.5 Å². The van der Waals surface area contributed by atoms with Crippen LogP contribution < -0.4 is 4.90 Å². The molecule has 1 fully saturated rings. The van der Waals surface area contributed by atoms with Crippen molar-refractivity contribution < 1.29 is 4.79 Å². The zero-order chi connectivity index (χ0) is 16.8. The fourth-order valence-corrected chi connectivity index (χ4v) is 4.17. The fraction of sp³-hybridized carbons (Fsp3) is 0.182. The fourth-order valence-electron chi connectivity index (χ4n) is 4.17. The van der Waals surface area contributed by atoms with Crippen LogP contribution in [0.5, 0.6) is 0 Å². The molecule has 1 atom stereocenters. The van der Waals surface area contributed by atoms with E-state index in [0.29, 0.717) is 5.92 Å². The minimum absolute atomic E-state index is 0.452. The molecule has 2 aliphatic heterocycles. The number of aldehydes is 1. The van der Waals surface area contributed by atoms with Crippen molar-refractivity contribution in [2.45, 2.75) is 12.3 Å². The van der Waals surface area contributed by atoms with E-state index in [1.54, 1.807) is 0 Å². The maximum Gasteiger partial charge on any atom is 0.150 e. The highest BCUT2D eigenvalue weighted by molar-refractivity contribution is 6.04. The van der Waals surface area contributed by atoms with Gasteiger partial charge in [0.05, 0.1) is 12.2 Å². The van der Waals surface area contributed by atoms with Crippen molar-refractivity contribution in [3.05, 3.63) is 71.8 Å². The van der Waals surface area contributed by atoms with Crippen LogP contribution in [0.3, 0.4) is 0 Å². The number of hydrogen-bond acceptors (Lipinski definition) is 3. The highest BCUT2D eigenvalue weighted by atomic mass is 16.1. The van der Waals surface area contributed by atoms with Crippen LogP contribution in [0.2, 0.25) is 0 Å². The van der Waals surface area contributed by atoms with E-state index in [9.17, 15) is 4.79 Å². The molecule has 0 aliphatic carbocycles. The first-order valence-corrected chi connectivity index (χ1v) is 8.73. The second-order valence-electron chi connectivity index (χ2n) is 6.80. The molecule has 2 aliphatic rings. The molecule has 3 nitrogen and oxygen atoms in total. The van der Waals surface area contributed by atoms with Crippen LogP contribution in [0.25, 0.3) is 10.8 Å². The largest absolute Gasteiger partial charge is 0.365 e. The summed E-state index contributed by atoms with van der Waals surface area (Å²) in [5.41, 5.74) is 5.59. The van der Waals surface area contributed by atoms with Crippen molar-refractivity contribution in [1.82, 2.24) is 0 Å². The van der Waals surface area contributed by atoms with Crippen molar-refractivity contribution in [3.63, 3.8) is 0 Å². The smallest absolute Gasteiger partial charge is 0.150 e. The van der Waals surface area contributed by atoms with Crippen LogP contribution in [0.15, 0.2) is 65.7 Å². The van der Waals surface area contributed by atoms with Crippen LogP contribution in [0, 0.1) is 0 Å². The van der Waals surface area contributed by atoms with Gasteiger partial charge in [-0.25, -0.2) is 0 Å². The van der Waals surface area contributed by atoms with Crippen LogP contribution in [0.4, 0.5) is 11.4 Å². The Morgan fingerprint density at radius 3 is 2.80 bits per heavy atom. The Bertz CT molecular complexity index is 1020. The van der Waals surface area contributed by atoms with E-state index in [1.807, 2.05) is 18.2 Å². The van der Waals surface area contributed by atoms with E-state index in [0.717, 1.165) is 48.1 Å². The van der Waals surface area contributed by atoms with E-state index >= 15 is 0 Å². The first-order chi connectivity index (χ1) is 12.3. The number of piperidine rings is 1. The Morgan fingerprint density at radius 2 is 1.88 bits per heavy atom. The highest BCUT2D eigenvalue weighted by Gasteiger charge is 2.32. The van der Waals surface area contributed by atoms with Gasteiger partial charge in [-0.2, -0.15) is 0 Å². The average molecular weight is 326 g/mol. The highest BCUT2D eigenvalue weighted by Crippen LogP contribution is 2.41. The van der Waals surface area contributed by atoms with Crippen LogP contribution in [0.1, 0.15) is 28.3 Å². The molecular formula is C22H18N2O. The van der Waals surface area contributed by atoms with E-state index in [2.05, 4.69) is 47.4 Å². The number of benzene rings is 3. The van der Waals surface area contributed by atoms with Gasteiger partial charge in [0.1, 0.15) is 6.29 Å². The molecule has 3 aromatic rings. The topological polar surface area (TPSA) is 32.7 Å². The molecule has 122 valence electrons. The number of carbonyl (C=O) groups excluding carboxylic acids is 1. The number of carbonyl (C=O) groups is 1. The maximum absolute atomic E-state index is 11.4. The molecule has 0 radical (unpaired) electrons. The summed E-state index contributed by atoms with van der Waals surface area (Å²) in [6.45, 7) is 1.80. The quantitative estimate of drug-likeness (QED) is 0.638. The SMILES string of the molecule is O=Cc1cc(N2CCC3C(=Nc4ccccc43)C2)c2ccccc2c1. The van der Waals surface area contributed by atoms with Gasteiger partial charge in [-0.3, -0.25) is 9.79 Å². The molecule has 1 unspecified atom stereocenters. The summed E-state index contributed by atoms with van der Waals surface area (Å²) < 4.78 is 0. The lowest BCUT2D eigenvalue weighted by Crippen LogP contribution is -2.39. The third kappa shape index (κ3) is 2.27. The summed E-state index contributed by atoms with van der Waals surface area (Å²) in [4.78, 5) is 18.6. The minimum atomic E-state index is 0.452. The molecule has 1 saturated heterocycles. The second kappa shape index (κ2) is 5.55. The number of para-hydroxylation sites is 1. The van der Waals surface area contributed by atoms with Gasteiger partial charge in [0, 0.05) is 34.8 Å². The number of aliphatic imine (C=N–C) groups is 1. The van der Waals surface area contributed by atoms with Crippen molar-refractivity contribution in [2.75, 3.05) is 18.0 Å². The monoisotopic (exact) mass is 326 g/mol. The second-order valence-corrected chi connectivity index (χ2v) is 6.80. The minimum Gasteiger partial charge on any atom is -0.365 e. The number of hydrogen-bond donors (Lipinski definition) is 0. The Morgan fingerprint density at radius 1 is 1.04 bits per heavy atom. The van der Waals surface area contributed by atoms with Gasteiger partial charge in [-0.05, 0) is 35.6 Å². The third-order valence-corrected chi connectivity index (χ3v) is 5.36. The maximum atomic E-state index is 11.4. The molecule has 0 N–H and O–H groups in total. The van der Waals surface area contributed by atoms with E-state index in [1.165, 1.54) is 16.7 Å². The summed E-state index contributed by atoms with van der Waals surface area (Å²) in [5, 5.41) is 2.31. The van der Waals surface area contributed by atoms with Gasteiger partial charge >= 0.3 is 0 Å². The van der Waals surface area contributed by atoms with Gasteiger partial charge in [-0.15, -0.1) is 0 Å². The molecule has 3 heteroatoms. The van der Waals surface area contributed by atoms with Crippen LogP contribution in [-0.2, 0) is 0 Å². The Hall–Kier alpha value is -2.94. The molecule has 0 aromatic heterocycles. The summed E-state index contributed by atoms with van der Waals surface area (Å²) in [6.07, 6.45) is 2.00. The number of fused-ring (bicyclic) bond motifs is 4. The lowest BCUT2D eigenvalue weighted by molar-refractivity contribution is 0.112. The molecule has 3 aromatic carbocycles. The summed E-state index contributed by atoms with van der Waals surface area (Å²) in [7, 11) is 0. The Labute approximate surface area is 146 Å². The Kier molecular flexibility index (Phi) is 3.20. The molecule has 0 saturated carbocycles. The molecule has 0 amide bonds. The predicted octanol–water partition coefficient (Wildman–Crippen LogP) is 4.73. The van der Waals surface area contributed by atoms with E-state index in [-0.39, 0.29) is 0 Å². The zero-order valence-corrected chi connectivity index (χ0v) is 13.9. The van der Waals surface area contributed by atoms with Crippen molar-refractivity contribution in [2.24, 2.45) is 4.99 Å². The Balaban J connectivity index is 1.56. The molecule has 2 heterocycles. The van der Waals surface area contributed by atoms with Crippen LogP contribution in [-0.4, -0.2) is 25.1 Å². The van der Waals surface area contributed by atoms with Gasteiger partial charge < -0.3 is 4.90 Å². The van der Waals surface area contributed by atoms with Gasteiger partial charge in [0.25, 0.3) is 0 Å². The lowest BCUT2D eigenvalue weighted by Gasteiger charge is -2.34. The molecule has 0 spiro atoms. The zero-order valence-electron chi connectivity index (χ0n) is 13.9. The van der Waals surface area contributed by atoms with Crippen molar-refractivity contribution >= 4 is 34.1 Å². The molecule has 5 rings (SSSR count). The van der Waals surface area contributed by atoms with Crippen LogP contribution >= 0.6 is 0 Å². The number of anilines is 1. The van der Waals surface area contributed by atoms with Crippen molar-refractivity contribution in [1.29, 1.82) is 0 Å². The predicted molar refractivity (Wildman–Crippen MR) is 102 cm³/mol. The standard InChI is InChI=1S/C22H18N2O/c25-14-15-11-16-5-1-2-6-17(16)22(12-15)24-10-9-19-18-7-3-4-8-20(18)23-21(19)13-24/h1-8,11-12,14,19H,9-10,13H2.